The Labute approximate surface area is 508 Å². The number of ether oxygens (including phenoxy) is 3. The molecule has 0 saturated heterocycles. The Morgan fingerprint density at radius 3 is 0.793 bits per heavy atom. The minimum absolute atomic E-state index is 0.0848. The minimum Gasteiger partial charge on any atom is -0.462 e. The molecule has 0 saturated carbocycles. The second kappa shape index (κ2) is 69.6. The number of hydrogen-bond acceptors (Lipinski definition) is 6. The Balaban J connectivity index is 4.27. The molecule has 470 valence electrons. The lowest BCUT2D eigenvalue weighted by Gasteiger charge is -2.18. The Kier molecular flexibility index (Phi) is 66.2. The monoisotopic (exact) mass is 1140 g/mol. The van der Waals surface area contributed by atoms with Gasteiger partial charge in [-0.15, -0.1) is 0 Å². The summed E-state index contributed by atoms with van der Waals surface area (Å²) in [6.45, 7) is 6.51. The molecule has 82 heavy (non-hydrogen) atoms. The first-order valence-corrected chi connectivity index (χ1v) is 34.9. The Morgan fingerprint density at radius 1 is 0.256 bits per heavy atom. The van der Waals surface area contributed by atoms with Crippen LogP contribution in [0.5, 0.6) is 0 Å². The van der Waals surface area contributed by atoms with E-state index in [1.165, 1.54) is 167 Å². The van der Waals surface area contributed by atoms with Crippen molar-refractivity contribution < 1.29 is 28.6 Å². The summed E-state index contributed by atoms with van der Waals surface area (Å²) in [4.78, 5) is 38.3. The van der Waals surface area contributed by atoms with Crippen molar-refractivity contribution in [1.82, 2.24) is 0 Å². The molecular formula is C76H130O6. The van der Waals surface area contributed by atoms with Gasteiger partial charge in [0.25, 0.3) is 0 Å². The summed E-state index contributed by atoms with van der Waals surface area (Å²) in [5.41, 5.74) is 0. The molecule has 0 aromatic heterocycles. The van der Waals surface area contributed by atoms with Gasteiger partial charge in [0.1, 0.15) is 13.2 Å². The van der Waals surface area contributed by atoms with Gasteiger partial charge >= 0.3 is 17.9 Å². The van der Waals surface area contributed by atoms with E-state index in [1.807, 2.05) is 0 Å². The smallest absolute Gasteiger partial charge is 0.306 e. The number of carbonyl (C=O) groups excluding carboxylic acids is 3. The number of hydrogen-bond donors (Lipinski definition) is 0. The van der Waals surface area contributed by atoms with Crippen LogP contribution in [0.1, 0.15) is 335 Å². The van der Waals surface area contributed by atoms with Crippen LogP contribution in [-0.2, 0) is 28.6 Å². The first kappa shape index (κ1) is 78.1. The zero-order valence-electron chi connectivity index (χ0n) is 54.0. The predicted molar refractivity (Wildman–Crippen MR) is 357 cm³/mol. The second-order valence-corrected chi connectivity index (χ2v) is 23.1. The van der Waals surface area contributed by atoms with Gasteiger partial charge in [0, 0.05) is 19.3 Å². The van der Waals surface area contributed by atoms with Crippen LogP contribution in [0.2, 0.25) is 0 Å². The summed E-state index contributed by atoms with van der Waals surface area (Å²) >= 11 is 0. The van der Waals surface area contributed by atoms with Crippen LogP contribution in [0.15, 0.2) is 109 Å². The molecule has 0 spiro atoms. The van der Waals surface area contributed by atoms with Crippen molar-refractivity contribution in [3.05, 3.63) is 109 Å². The molecule has 0 bridgehead atoms. The van der Waals surface area contributed by atoms with Gasteiger partial charge in [-0.3, -0.25) is 14.4 Å². The molecule has 0 aliphatic heterocycles. The molecule has 6 heteroatoms. The summed E-state index contributed by atoms with van der Waals surface area (Å²) < 4.78 is 16.9. The highest BCUT2D eigenvalue weighted by Gasteiger charge is 2.19. The van der Waals surface area contributed by atoms with Crippen LogP contribution in [0.25, 0.3) is 0 Å². The molecule has 0 heterocycles. The van der Waals surface area contributed by atoms with E-state index in [1.54, 1.807) is 0 Å². The normalized spacial score (nSPS) is 12.8. The van der Waals surface area contributed by atoms with E-state index in [9.17, 15) is 14.4 Å². The van der Waals surface area contributed by atoms with E-state index in [-0.39, 0.29) is 31.1 Å². The third-order valence-electron chi connectivity index (χ3n) is 15.0. The Bertz CT molecular complexity index is 1640. The van der Waals surface area contributed by atoms with Gasteiger partial charge in [-0.1, -0.05) is 323 Å². The second-order valence-electron chi connectivity index (χ2n) is 23.1. The highest BCUT2D eigenvalue weighted by molar-refractivity contribution is 5.71. The Morgan fingerprint density at radius 2 is 0.488 bits per heavy atom. The summed E-state index contributed by atoms with van der Waals surface area (Å²) in [5.74, 6) is -0.896. The lowest BCUT2D eigenvalue weighted by Crippen LogP contribution is -2.30. The van der Waals surface area contributed by atoms with Crippen molar-refractivity contribution in [3.8, 4) is 0 Å². The number of carbonyl (C=O) groups is 3. The molecule has 1 unspecified atom stereocenters. The van der Waals surface area contributed by atoms with Gasteiger partial charge in [-0.2, -0.15) is 0 Å². The number of esters is 3. The molecule has 0 aliphatic rings. The van der Waals surface area contributed by atoms with Crippen molar-refractivity contribution in [2.45, 2.75) is 341 Å². The van der Waals surface area contributed by atoms with E-state index in [2.05, 4.69) is 130 Å². The molecular weight excluding hydrogens is 1010 g/mol. The SMILES string of the molecule is CC/C=C\C/C=C\C/C=C\C/C=C\C/C=C\C/C=C\C/C=C\C/C=C\CCCCCCCCC(=O)OCC(COC(=O)CCCCCCC/C=C\CCCC)OC(=O)CCCCCCCCCCCCCCCCCCCCCCCC. The fourth-order valence-corrected chi connectivity index (χ4v) is 9.79. The first-order chi connectivity index (χ1) is 40.5. The van der Waals surface area contributed by atoms with E-state index in [4.69, 9.17) is 14.2 Å². The molecule has 0 rings (SSSR count). The summed E-state index contributed by atoms with van der Waals surface area (Å²) in [6.07, 6.45) is 95.4. The summed E-state index contributed by atoms with van der Waals surface area (Å²) in [5, 5.41) is 0. The molecule has 0 fully saturated rings. The van der Waals surface area contributed by atoms with Crippen molar-refractivity contribution in [2.24, 2.45) is 0 Å². The Hall–Kier alpha value is -3.93. The van der Waals surface area contributed by atoms with Gasteiger partial charge in [0.05, 0.1) is 0 Å². The van der Waals surface area contributed by atoms with Crippen LogP contribution in [0, 0.1) is 0 Å². The van der Waals surface area contributed by atoms with Crippen LogP contribution < -0.4 is 0 Å². The third kappa shape index (κ3) is 66.9. The number of rotatable bonds is 63. The summed E-state index contributed by atoms with van der Waals surface area (Å²) in [7, 11) is 0. The molecule has 0 aromatic rings. The zero-order chi connectivity index (χ0) is 59.2. The third-order valence-corrected chi connectivity index (χ3v) is 15.0. The van der Waals surface area contributed by atoms with Crippen molar-refractivity contribution in [3.63, 3.8) is 0 Å². The highest BCUT2D eigenvalue weighted by atomic mass is 16.6. The van der Waals surface area contributed by atoms with Crippen LogP contribution in [0.4, 0.5) is 0 Å². The fraction of sp³-hybridized carbons (Fsp3) is 0.724. The molecule has 0 amide bonds. The number of unbranched alkanes of at least 4 members (excludes halogenated alkanes) is 34. The summed E-state index contributed by atoms with van der Waals surface area (Å²) in [6, 6.07) is 0. The van der Waals surface area contributed by atoms with Gasteiger partial charge in [0.15, 0.2) is 6.10 Å². The zero-order valence-corrected chi connectivity index (χ0v) is 54.0. The van der Waals surface area contributed by atoms with Gasteiger partial charge in [-0.25, -0.2) is 0 Å². The van der Waals surface area contributed by atoms with E-state index in [0.29, 0.717) is 19.3 Å². The van der Waals surface area contributed by atoms with Gasteiger partial charge < -0.3 is 14.2 Å². The lowest BCUT2D eigenvalue weighted by atomic mass is 10.0. The predicted octanol–water partition coefficient (Wildman–Crippen LogP) is 24.2. The van der Waals surface area contributed by atoms with Gasteiger partial charge in [0.2, 0.25) is 0 Å². The van der Waals surface area contributed by atoms with Crippen LogP contribution in [-0.4, -0.2) is 37.2 Å². The fourth-order valence-electron chi connectivity index (χ4n) is 9.79. The topological polar surface area (TPSA) is 78.9 Å². The van der Waals surface area contributed by atoms with Crippen LogP contribution in [0.3, 0.4) is 0 Å². The maximum Gasteiger partial charge on any atom is 0.306 e. The lowest BCUT2D eigenvalue weighted by molar-refractivity contribution is -0.167. The average molecular weight is 1140 g/mol. The maximum absolute atomic E-state index is 12.9. The molecule has 0 N–H and O–H groups in total. The van der Waals surface area contributed by atoms with E-state index >= 15 is 0 Å². The van der Waals surface area contributed by atoms with Crippen molar-refractivity contribution >= 4 is 17.9 Å². The highest BCUT2D eigenvalue weighted by Crippen LogP contribution is 2.17. The first-order valence-electron chi connectivity index (χ1n) is 34.9. The maximum atomic E-state index is 12.9. The van der Waals surface area contributed by atoms with Gasteiger partial charge in [-0.05, 0) is 103 Å². The largest absolute Gasteiger partial charge is 0.462 e. The standard InChI is InChI=1S/C76H130O6/c1-4-7-10-13-16-19-22-24-26-28-30-32-34-35-36-37-38-39-40-41-42-44-45-47-49-51-54-57-60-63-66-69-75(78)81-72-73(71-80-74(77)68-65-62-59-56-53-21-18-15-12-9-6-3)82-76(79)70-67-64-61-58-55-52-50-48-46-43-33-31-29-27-25-23-20-17-14-11-8-5-2/h7,10,15-16,18-19,24,26,30,32,35-36,38-39,41-42,45,47,73H,4-6,8-9,11-14,17,20-23,25,27-29,31,33-34,37,40,43-44,46,48-72H2,1-3H3/b10-7-,18-15-,19-16-,26-24-,32-30-,36-35-,39-38-,42-41-,47-45-. The molecule has 0 aliphatic carbocycles. The molecule has 0 radical (unpaired) electrons. The molecule has 1 atom stereocenters. The van der Waals surface area contributed by atoms with E-state index in [0.717, 1.165) is 128 Å². The molecule has 6 nitrogen and oxygen atoms in total. The minimum atomic E-state index is -0.788. The average Bonchev–Trinajstić information content (AvgIpc) is 3.47. The van der Waals surface area contributed by atoms with Crippen molar-refractivity contribution in [1.29, 1.82) is 0 Å². The van der Waals surface area contributed by atoms with Crippen molar-refractivity contribution in [2.75, 3.05) is 13.2 Å². The van der Waals surface area contributed by atoms with Crippen LogP contribution >= 0.6 is 0 Å². The quantitative estimate of drug-likeness (QED) is 0.0261. The van der Waals surface area contributed by atoms with E-state index < -0.39 is 6.10 Å². The molecule has 0 aromatic carbocycles. The number of allylic oxidation sites excluding steroid dienone is 18.